The molecule has 126 valence electrons. The first-order chi connectivity index (χ1) is 10.8. The fraction of sp³-hybridized carbons (Fsp3) is 0.824. The highest BCUT2D eigenvalue weighted by atomic mass is 16.5. The second-order valence-electron chi connectivity index (χ2n) is 6.15. The molecule has 1 fully saturated rings. The summed E-state index contributed by atoms with van der Waals surface area (Å²) < 4.78 is 7.38. The van der Waals surface area contributed by atoms with Gasteiger partial charge in [0.25, 0.3) is 0 Å². The predicted molar refractivity (Wildman–Crippen MR) is 90.0 cm³/mol. The van der Waals surface area contributed by atoms with E-state index in [1.165, 1.54) is 45.3 Å². The van der Waals surface area contributed by atoms with E-state index >= 15 is 0 Å². The van der Waals surface area contributed by atoms with Gasteiger partial charge in [-0.15, -0.1) is 0 Å². The van der Waals surface area contributed by atoms with Gasteiger partial charge in [0.1, 0.15) is 5.82 Å². The van der Waals surface area contributed by atoms with Crippen LogP contribution in [0.15, 0.2) is 12.4 Å². The van der Waals surface area contributed by atoms with Crippen molar-refractivity contribution in [1.29, 1.82) is 0 Å². The summed E-state index contributed by atoms with van der Waals surface area (Å²) in [6.45, 7) is 10.7. The van der Waals surface area contributed by atoms with E-state index in [4.69, 9.17) is 4.74 Å². The van der Waals surface area contributed by atoms with Crippen molar-refractivity contribution >= 4 is 0 Å². The zero-order valence-corrected chi connectivity index (χ0v) is 14.3. The summed E-state index contributed by atoms with van der Waals surface area (Å²) in [5.74, 6) is 1.15. The van der Waals surface area contributed by atoms with Crippen LogP contribution in [0.25, 0.3) is 0 Å². The molecule has 0 amide bonds. The predicted octanol–water partition coefficient (Wildman–Crippen LogP) is 2.23. The number of likely N-dealkylation sites (N-methyl/N-ethyl adjacent to an activating group) is 1. The molecule has 0 aliphatic carbocycles. The van der Waals surface area contributed by atoms with Gasteiger partial charge in [0.15, 0.2) is 0 Å². The van der Waals surface area contributed by atoms with Crippen molar-refractivity contribution in [2.45, 2.75) is 45.7 Å². The summed E-state index contributed by atoms with van der Waals surface area (Å²) in [5, 5.41) is 0. The van der Waals surface area contributed by atoms with E-state index in [0.29, 0.717) is 0 Å². The first kappa shape index (κ1) is 17.4. The van der Waals surface area contributed by atoms with Gasteiger partial charge >= 0.3 is 0 Å². The molecule has 22 heavy (non-hydrogen) atoms. The maximum Gasteiger partial charge on any atom is 0.122 e. The Kier molecular flexibility index (Phi) is 7.91. The molecule has 1 aliphatic heterocycles. The smallest absolute Gasteiger partial charge is 0.122 e. The number of nitrogens with zero attached hydrogens (tertiary/aromatic N) is 4. The molecule has 1 aliphatic rings. The largest absolute Gasteiger partial charge is 0.383 e. The third-order valence-corrected chi connectivity index (χ3v) is 4.58. The second kappa shape index (κ2) is 9.98. The first-order valence-corrected chi connectivity index (χ1v) is 8.77. The van der Waals surface area contributed by atoms with Gasteiger partial charge in [-0.25, -0.2) is 4.98 Å². The monoisotopic (exact) mass is 308 g/mol. The molecule has 0 unspecified atom stereocenters. The zero-order chi connectivity index (χ0) is 15.6. The van der Waals surface area contributed by atoms with Crippen LogP contribution in [0.2, 0.25) is 0 Å². The molecule has 5 heteroatoms. The lowest BCUT2D eigenvalue weighted by Crippen LogP contribution is -2.36. The average Bonchev–Trinajstić information content (AvgIpc) is 2.81. The topological polar surface area (TPSA) is 33.5 Å². The summed E-state index contributed by atoms with van der Waals surface area (Å²) in [5.41, 5.74) is 0. The van der Waals surface area contributed by atoms with E-state index < -0.39 is 0 Å². The normalized spacial score (nSPS) is 17.0. The zero-order valence-electron chi connectivity index (χ0n) is 14.3. The molecule has 0 radical (unpaired) electrons. The van der Waals surface area contributed by atoms with Crippen LogP contribution in [0.4, 0.5) is 0 Å². The molecule has 1 aromatic rings. The number of aromatic nitrogens is 2. The van der Waals surface area contributed by atoms with Crippen molar-refractivity contribution in [3.8, 4) is 0 Å². The highest BCUT2D eigenvalue weighted by Gasteiger charge is 2.12. The Bertz CT molecular complexity index is 399. The van der Waals surface area contributed by atoms with Gasteiger partial charge in [0.05, 0.1) is 13.2 Å². The van der Waals surface area contributed by atoms with Crippen molar-refractivity contribution in [3.63, 3.8) is 0 Å². The lowest BCUT2D eigenvalue weighted by molar-refractivity contribution is 0.181. The summed E-state index contributed by atoms with van der Waals surface area (Å²) in [7, 11) is 1.75. The Morgan fingerprint density at radius 3 is 2.64 bits per heavy atom. The van der Waals surface area contributed by atoms with Crippen molar-refractivity contribution in [2.75, 3.05) is 46.4 Å². The summed E-state index contributed by atoms with van der Waals surface area (Å²) in [6, 6.07) is 0. The van der Waals surface area contributed by atoms with Crippen LogP contribution in [0.3, 0.4) is 0 Å². The average molecular weight is 308 g/mol. The standard InChI is InChI=1S/C17H32N4O/c1-3-19(12-13-20-9-6-4-5-7-10-20)16-17-18-8-11-21(17)14-15-22-2/h8,11H,3-7,9-10,12-16H2,1-2H3. The number of ether oxygens (including phenoxy) is 1. The number of hydrogen-bond donors (Lipinski definition) is 0. The number of rotatable bonds is 9. The van der Waals surface area contributed by atoms with E-state index in [2.05, 4.69) is 32.5 Å². The second-order valence-corrected chi connectivity index (χ2v) is 6.15. The van der Waals surface area contributed by atoms with Gasteiger partial charge in [-0.3, -0.25) is 4.90 Å². The van der Waals surface area contributed by atoms with Crippen molar-refractivity contribution in [3.05, 3.63) is 18.2 Å². The quantitative estimate of drug-likeness (QED) is 0.700. The molecule has 5 nitrogen and oxygen atoms in total. The van der Waals surface area contributed by atoms with Gasteiger partial charge in [-0.2, -0.15) is 0 Å². The number of methoxy groups -OCH3 is 1. The van der Waals surface area contributed by atoms with Gasteiger partial charge in [-0.1, -0.05) is 19.8 Å². The molecule has 2 rings (SSSR count). The Morgan fingerprint density at radius 1 is 1.18 bits per heavy atom. The molecule has 0 N–H and O–H groups in total. The number of hydrogen-bond acceptors (Lipinski definition) is 4. The molecule has 2 heterocycles. The Labute approximate surface area is 135 Å². The molecule has 0 aromatic carbocycles. The third kappa shape index (κ3) is 5.71. The van der Waals surface area contributed by atoms with E-state index in [-0.39, 0.29) is 0 Å². The number of likely N-dealkylation sites (tertiary alicyclic amines) is 1. The van der Waals surface area contributed by atoms with Gasteiger partial charge in [0.2, 0.25) is 0 Å². The Morgan fingerprint density at radius 2 is 1.95 bits per heavy atom. The molecular weight excluding hydrogens is 276 g/mol. The highest BCUT2D eigenvalue weighted by Crippen LogP contribution is 2.10. The molecule has 0 saturated carbocycles. The van der Waals surface area contributed by atoms with Crippen molar-refractivity contribution in [1.82, 2.24) is 19.4 Å². The minimum Gasteiger partial charge on any atom is -0.383 e. The molecule has 0 bridgehead atoms. The molecular formula is C17H32N4O. The van der Waals surface area contributed by atoms with E-state index in [1.54, 1.807) is 7.11 Å². The lowest BCUT2D eigenvalue weighted by Gasteiger charge is -2.26. The summed E-state index contributed by atoms with van der Waals surface area (Å²) in [4.78, 5) is 9.65. The summed E-state index contributed by atoms with van der Waals surface area (Å²) >= 11 is 0. The van der Waals surface area contributed by atoms with Crippen LogP contribution >= 0.6 is 0 Å². The molecule has 0 spiro atoms. The summed E-state index contributed by atoms with van der Waals surface area (Å²) in [6.07, 6.45) is 9.50. The maximum atomic E-state index is 5.17. The van der Waals surface area contributed by atoms with E-state index in [0.717, 1.165) is 38.6 Å². The van der Waals surface area contributed by atoms with Crippen LogP contribution in [0.1, 0.15) is 38.4 Å². The SMILES string of the molecule is CCN(CCN1CCCCCC1)Cc1nccn1CCOC. The van der Waals surface area contributed by atoms with E-state index in [1.807, 2.05) is 6.20 Å². The Hall–Kier alpha value is -0.910. The van der Waals surface area contributed by atoms with Gasteiger partial charge < -0.3 is 14.2 Å². The van der Waals surface area contributed by atoms with Crippen LogP contribution in [0.5, 0.6) is 0 Å². The van der Waals surface area contributed by atoms with Crippen LogP contribution in [-0.2, 0) is 17.8 Å². The highest BCUT2D eigenvalue weighted by molar-refractivity contribution is 4.92. The van der Waals surface area contributed by atoms with Crippen molar-refractivity contribution < 1.29 is 4.74 Å². The fourth-order valence-electron chi connectivity index (χ4n) is 3.08. The first-order valence-electron chi connectivity index (χ1n) is 8.77. The molecule has 0 atom stereocenters. The van der Waals surface area contributed by atoms with Crippen LogP contribution in [-0.4, -0.2) is 65.8 Å². The molecule has 1 saturated heterocycles. The van der Waals surface area contributed by atoms with E-state index in [9.17, 15) is 0 Å². The Balaban J connectivity index is 1.80. The minimum atomic E-state index is 0.739. The number of imidazole rings is 1. The van der Waals surface area contributed by atoms with Gasteiger partial charge in [-0.05, 0) is 32.5 Å². The molecule has 1 aromatic heterocycles. The van der Waals surface area contributed by atoms with Gasteiger partial charge in [0, 0.05) is 39.1 Å². The minimum absolute atomic E-state index is 0.739. The van der Waals surface area contributed by atoms with Crippen LogP contribution < -0.4 is 0 Å². The third-order valence-electron chi connectivity index (χ3n) is 4.58. The van der Waals surface area contributed by atoms with Crippen molar-refractivity contribution in [2.24, 2.45) is 0 Å². The van der Waals surface area contributed by atoms with Crippen LogP contribution in [0, 0.1) is 0 Å². The maximum absolute atomic E-state index is 5.17. The fourth-order valence-corrected chi connectivity index (χ4v) is 3.08. The lowest BCUT2D eigenvalue weighted by atomic mass is 10.2.